The normalized spacial score (nSPS) is 26.8. The van der Waals surface area contributed by atoms with Crippen molar-refractivity contribution < 1.29 is 9.53 Å². The van der Waals surface area contributed by atoms with Crippen molar-refractivity contribution in [2.24, 2.45) is 17.8 Å². The van der Waals surface area contributed by atoms with Gasteiger partial charge in [-0.15, -0.1) is 0 Å². The van der Waals surface area contributed by atoms with Gasteiger partial charge in [-0.05, 0) is 103 Å². The van der Waals surface area contributed by atoms with Crippen molar-refractivity contribution >= 4 is 24.0 Å². The topological polar surface area (TPSA) is 26.3 Å². The average Bonchev–Trinajstić information content (AvgIpc) is 2.86. The van der Waals surface area contributed by atoms with Gasteiger partial charge in [0.2, 0.25) is 0 Å². The van der Waals surface area contributed by atoms with Crippen molar-refractivity contribution in [2.45, 2.75) is 50.5 Å². The number of benzene rings is 3. The van der Waals surface area contributed by atoms with E-state index in [1.807, 2.05) is 18.2 Å². The molecule has 2 nitrogen and oxygen atoms in total. The third-order valence-corrected chi connectivity index (χ3v) is 8.81. The maximum Gasteiger partial charge on any atom is 0.142 e. The minimum atomic E-state index is 0.218. The highest BCUT2D eigenvalue weighted by atomic mass is 35.5. The Morgan fingerprint density at radius 1 is 0.886 bits per heavy atom. The molecule has 0 amide bonds. The van der Waals surface area contributed by atoms with Crippen molar-refractivity contribution in [3.8, 4) is 16.9 Å². The van der Waals surface area contributed by atoms with Crippen LogP contribution in [-0.4, -0.2) is 6.29 Å². The molecule has 4 aliphatic carbocycles. The Kier molecular flexibility index (Phi) is 6.02. The van der Waals surface area contributed by atoms with E-state index in [1.165, 1.54) is 55.7 Å². The quantitative estimate of drug-likeness (QED) is 0.250. The highest BCUT2D eigenvalue weighted by Crippen LogP contribution is 2.62. The van der Waals surface area contributed by atoms with E-state index >= 15 is 0 Å². The van der Waals surface area contributed by atoms with Gasteiger partial charge in [0.1, 0.15) is 18.6 Å². The Labute approximate surface area is 213 Å². The van der Waals surface area contributed by atoms with Gasteiger partial charge < -0.3 is 4.74 Å². The fourth-order valence-electron chi connectivity index (χ4n) is 7.43. The SMILES string of the molecule is O=C/C=C/c1ccc(-c2ccc(OCc3ccccc3)c(C34CC5CC(CC(C5)C3)C4)c2)c(Cl)c1. The van der Waals surface area contributed by atoms with Gasteiger partial charge in [0.15, 0.2) is 0 Å². The Morgan fingerprint density at radius 2 is 1.60 bits per heavy atom. The third-order valence-electron chi connectivity index (χ3n) is 8.50. The lowest BCUT2D eigenvalue weighted by Crippen LogP contribution is -2.48. The van der Waals surface area contributed by atoms with Crippen LogP contribution in [0.5, 0.6) is 5.75 Å². The van der Waals surface area contributed by atoms with E-state index in [1.54, 1.807) is 6.08 Å². The van der Waals surface area contributed by atoms with Crippen molar-refractivity contribution in [2.75, 3.05) is 0 Å². The summed E-state index contributed by atoms with van der Waals surface area (Å²) in [6, 6.07) is 23.1. The molecule has 7 rings (SSSR count). The molecule has 0 aliphatic heterocycles. The van der Waals surface area contributed by atoms with Crippen LogP contribution >= 0.6 is 11.6 Å². The molecule has 35 heavy (non-hydrogen) atoms. The number of rotatable bonds is 7. The van der Waals surface area contributed by atoms with Crippen LogP contribution in [0.2, 0.25) is 5.02 Å². The molecule has 3 aromatic carbocycles. The van der Waals surface area contributed by atoms with E-state index in [2.05, 4.69) is 48.5 Å². The first-order valence-corrected chi connectivity index (χ1v) is 13.2. The Bertz CT molecular complexity index is 1220. The van der Waals surface area contributed by atoms with Gasteiger partial charge in [-0.3, -0.25) is 4.79 Å². The number of carbonyl (C=O) groups is 1. The van der Waals surface area contributed by atoms with E-state index in [0.29, 0.717) is 11.6 Å². The lowest BCUT2D eigenvalue weighted by atomic mass is 9.48. The molecule has 3 heteroatoms. The monoisotopic (exact) mass is 482 g/mol. The maximum atomic E-state index is 10.7. The summed E-state index contributed by atoms with van der Waals surface area (Å²) in [7, 11) is 0. The van der Waals surface area contributed by atoms with Gasteiger partial charge >= 0.3 is 0 Å². The summed E-state index contributed by atoms with van der Waals surface area (Å²) >= 11 is 6.74. The molecule has 0 spiro atoms. The van der Waals surface area contributed by atoms with Crippen LogP contribution in [0.1, 0.15) is 55.2 Å². The highest BCUT2D eigenvalue weighted by Gasteiger charge is 2.52. The van der Waals surface area contributed by atoms with Crippen molar-refractivity contribution in [1.29, 1.82) is 0 Å². The molecule has 0 aromatic heterocycles. The van der Waals surface area contributed by atoms with Gasteiger partial charge in [0, 0.05) is 16.1 Å². The number of aldehydes is 1. The summed E-state index contributed by atoms with van der Waals surface area (Å²) in [5.41, 5.74) is 5.88. The Hall–Kier alpha value is -2.84. The number of hydrogen-bond acceptors (Lipinski definition) is 2. The maximum absolute atomic E-state index is 10.7. The van der Waals surface area contributed by atoms with Crippen LogP contribution in [0.15, 0.2) is 72.8 Å². The largest absolute Gasteiger partial charge is 0.489 e. The predicted octanol–water partition coefficient (Wildman–Crippen LogP) is 8.27. The number of ether oxygens (including phenoxy) is 1. The lowest BCUT2D eigenvalue weighted by Gasteiger charge is -2.57. The molecule has 0 saturated heterocycles. The predicted molar refractivity (Wildman–Crippen MR) is 143 cm³/mol. The smallest absolute Gasteiger partial charge is 0.142 e. The van der Waals surface area contributed by atoms with Gasteiger partial charge in [0.05, 0.1) is 0 Å². The second kappa shape index (κ2) is 9.32. The second-order valence-electron chi connectivity index (χ2n) is 10.9. The molecule has 4 bridgehead atoms. The highest BCUT2D eigenvalue weighted by molar-refractivity contribution is 6.33. The van der Waals surface area contributed by atoms with Crippen LogP contribution in [0.3, 0.4) is 0 Å². The fraction of sp³-hybridized carbons (Fsp3) is 0.344. The Morgan fingerprint density at radius 3 is 2.26 bits per heavy atom. The first-order chi connectivity index (χ1) is 17.1. The zero-order valence-corrected chi connectivity index (χ0v) is 20.7. The van der Waals surface area contributed by atoms with Gasteiger partial charge in [0.25, 0.3) is 0 Å². The van der Waals surface area contributed by atoms with E-state index in [0.717, 1.165) is 46.5 Å². The first kappa shape index (κ1) is 22.6. The van der Waals surface area contributed by atoms with E-state index in [-0.39, 0.29) is 5.41 Å². The van der Waals surface area contributed by atoms with Crippen LogP contribution in [0.4, 0.5) is 0 Å². The van der Waals surface area contributed by atoms with Gasteiger partial charge in [-0.1, -0.05) is 66.2 Å². The van der Waals surface area contributed by atoms with E-state index in [9.17, 15) is 4.79 Å². The standard InChI is InChI=1S/C32H31ClO2/c33-30-16-22(7-4-12-34)8-10-28(30)27-9-11-31(35-21-23-5-2-1-3-6-23)29(17-27)32-18-24-13-25(19-32)15-26(14-24)20-32/h1-12,16-17,24-26H,13-15,18-21H2/b7-4+. The zero-order chi connectivity index (χ0) is 23.8. The molecule has 178 valence electrons. The molecule has 0 unspecified atom stereocenters. The number of hydrogen-bond donors (Lipinski definition) is 0. The molecule has 4 fully saturated rings. The molecule has 3 aromatic rings. The van der Waals surface area contributed by atoms with Crippen molar-refractivity contribution in [3.63, 3.8) is 0 Å². The number of carbonyl (C=O) groups excluding carboxylic acids is 1. The lowest BCUT2D eigenvalue weighted by molar-refractivity contribution is -0.104. The van der Waals surface area contributed by atoms with Crippen LogP contribution in [0.25, 0.3) is 17.2 Å². The minimum absolute atomic E-state index is 0.218. The van der Waals surface area contributed by atoms with Gasteiger partial charge in [-0.2, -0.15) is 0 Å². The van der Waals surface area contributed by atoms with Gasteiger partial charge in [-0.25, -0.2) is 0 Å². The molecule has 0 N–H and O–H groups in total. The zero-order valence-electron chi connectivity index (χ0n) is 20.0. The second-order valence-corrected chi connectivity index (χ2v) is 11.3. The molecule has 4 saturated carbocycles. The molecule has 4 aliphatic rings. The summed E-state index contributed by atoms with van der Waals surface area (Å²) in [6.45, 7) is 0.581. The van der Waals surface area contributed by atoms with E-state index < -0.39 is 0 Å². The van der Waals surface area contributed by atoms with Crippen LogP contribution < -0.4 is 4.74 Å². The minimum Gasteiger partial charge on any atom is -0.489 e. The Balaban J connectivity index is 1.39. The first-order valence-electron chi connectivity index (χ1n) is 12.8. The third kappa shape index (κ3) is 4.45. The van der Waals surface area contributed by atoms with Crippen molar-refractivity contribution in [1.82, 2.24) is 0 Å². The fourth-order valence-corrected chi connectivity index (χ4v) is 7.73. The summed E-state index contributed by atoms with van der Waals surface area (Å²) in [5, 5.41) is 0.701. The van der Waals surface area contributed by atoms with Crippen LogP contribution in [0, 0.1) is 17.8 Å². The molecular formula is C32H31ClO2. The molecule has 0 radical (unpaired) electrons. The van der Waals surface area contributed by atoms with Crippen LogP contribution in [-0.2, 0) is 16.8 Å². The number of allylic oxidation sites excluding steroid dienone is 1. The van der Waals surface area contributed by atoms with E-state index in [4.69, 9.17) is 16.3 Å². The molecule has 0 atom stereocenters. The summed E-state index contributed by atoms with van der Waals surface area (Å²) in [6.07, 6.45) is 12.2. The number of halogens is 1. The summed E-state index contributed by atoms with van der Waals surface area (Å²) < 4.78 is 6.52. The summed E-state index contributed by atoms with van der Waals surface area (Å²) in [4.78, 5) is 10.7. The molecule has 0 heterocycles. The molecular weight excluding hydrogens is 452 g/mol. The average molecular weight is 483 g/mol. The van der Waals surface area contributed by atoms with Crippen molar-refractivity contribution in [3.05, 3.63) is 94.5 Å². The summed E-state index contributed by atoms with van der Waals surface area (Å²) in [5.74, 6) is 3.61.